The van der Waals surface area contributed by atoms with Crippen LogP contribution >= 0.6 is 0 Å². The number of aliphatic hydroxyl groups is 1. The second kappa shape index (κ2) is 6.34. The molecule has 4 heterocycles. The second-order valence-corrected chi connectivity index (χ2v) is 6.79. The van der Waals surface area contributed by atoms with Gasteiger partial charge in [-0.2, -0.15) is 0 Å². The Morgan fingerprint density at radius 1 is 1.55 bits per heavy atom. The van der Waals surface area contributed by atoms with E-state index in [1.54, 1.807) is 10.9 Å². The zero-order valence-corrected chi connectivity index (χ0v) is 13.3. The molecule has 1 aromatic heterocycles. The largest absolute Gasteiger partial charge is 0.390 e. The minimum absolute atomic E-state index is 0.0749. The van der Waals surface area contributed by atoms with Crippen molar-refractivity contribution in [3.8, 4) is 0 Å². The number of nitrogens with one attached hydrogen (secondary N) is 1. The van der Waals surface area contributed by atoms with Gasteiger partial charge < -0.3 is 10.4 Å². The van der Waals surface area contributed by atoms with Crippen LogP contribution in [0.25, 0.3) is 0 Å². The molecule has 2 N–H and O–H groups in total. The number of rotatable bonds is 5. The summed E-state index contributed by atoms with van der Waals surface area (Å²) >= 11 is 0. The third-order valence-corrected chi connectivity index (χ3v) is 4.79. The van der Waals surface area contributed by atoms with Crippen LogP contribution < -0.4 is 5.32 Å². The number of fused-ring (bicyclic) bond motifs is 3. The van der Waals surface area contributed by atoms with Crippen LogP contribution in [0.2, 0.25) is 0 Å². The van der Waals surface area contributed by atoms with Gasteiger partial charge in [0.2, 0.25) is 5.91 Å². The van der Waals surface area contributed by atoms with Crippen LogP contribution in [-0.4, -0.2) is 56.1 Å². The summed E-state index contributed by atoms with van der Waals surface area (Å²) < 4.78 is 1.81. The Morgan fingerprint density at radius 3 is 2.95 bits per heavy atom. The average molecular weight is 307 g/mol. The van der Waals surface area contributed by atoms with Crippen LogP contribution in [0.4, 0.5) is 0 Å². The van der Waals surface area contributed by atoms with E-state index in [1.165, 1.54) is 0 Å². The standard InChI is InChI=1S/C15H25N5O2/c1-10(2)16-15(22)14-8-19-4-3-11(14)5-13(19)7-20-6-12(9-21)17-18-20/h6,10-11,13-14,21H,3-5,7-9H2,1-2H3,(H,16,22)/t11-,13-,14+/m1/s1. The molecule has 3 aliphatic rings. The van der Waals surface area contributed by atoms with Crippen LogP contribution in [0, 0.1) is 11.8 Å². The van der Waals surface area contributed by atoms with Gasteiger partial charge in [-0.3, -0.25) is 14.4 Å². The molecule has 4 rings (SSSR count). The Kier molecular flexibility index (Phi) is 4.44. The van der Waals surface area contributed by atoms with E-state index in [0.717, 1.165) is 32.5 Å². The summed E-state index contributed by atoms with van der Waals surface area (Å²) in [7, 11) is 0. The highest BCUT2D eigenvalue weighted by Gasteiger charge is 2.43. The quantitative estimate of drug-likeness (QED) is 0.800. The minimum Gasteiger partial charge on any atom is -0.390 e. The Labute approximate surface area is 130 Å². The van der Waals surface area contributed by atoms with Crippen LogP contribution in [-0.2, 0) is 17.9 Å². The van der Waals surface area contributed by atoms with E-state index >= 15 is 0 Å². The van der Waals surface area contributed by atoms with Crippen molar-refractivity contribution in [1.29, 1.82) is 0 Å². The summed E-state index contributed by atoms with van der Waals surface area (Å²) in [6.45, 7) is 6.62. The lowest BCUT2D eigenvalue weighted by Gasteiger charge is -2.49. The maximum Gasteiger partial charge on any atom is 0.224 e. The van der Waals surface area contributed by atoms with Gasteiger partial charge in [-0.15, -0.1) is 5.10 Å². The zero-order chi connectivity index (χ0) is 15.7. The molecule has 1 aromatic rings. The van der Waals surface area contributed by atoms with Crippen molar-refractivity contribution in [2.75, 3.05) is 13.1 Å². The lowest BCUT2D eigenvalue weighted by Crippen LogP contribution is -2.58. The van der Waals surface area contributed by atoms with Gasteiger partial charge in [-0.1, -0.05) is 5.21 Å². The van der Waals surface area contributed by atoms with Crippen molar-refractivity contribution in [2.24, 2.45) is 11.8 Å². The summed E-state index contributed by atoms with van der Waals surface area (Å²) in [5.74, 6) is 0.789. The first-order chi connectivity index (χ1) is 10.6. The van der Waals surface area contributed by atoms with Gasteiger partial charge >= 0.3 is 0 Å². The van der Waals surface area contributed by atoms with Crippen molar-refractivity contribution in [3.05, 3.63) is 11.9 Å². The lowest BCUT2D eigenvalue weighted by atomic mass is 9.75. The van der Waals surface area contributed by atoms with E-state index in [4.69, 9.17) is 5.11 Å². The van der Waals surface area contributed by atoms with Gasteiger partial charge in [0, 0.05) is 18.6 Å². The van der Waals surface area contributed by atoms with Crippen molar-refractivity contribution in [3.63, 3.8) is 0 Å². The van der Waals surface area contributed by atoms with E-state index in [2.05, 4.69) is 20.5 Å². The number of piperidine rings is 3. The molecule has 3 saturated heterocycles. The maximum atomic E-state index is 12.3. The summed E-state index contributed by atoms with van der Waals surface area (Å²) in [5, 5.41) is 20.1. The molecule has 0 aliphatic carbocycles. The molecular weight excluding hydrogens is 282 g/mol. The highest BCUT2D eigenvalue weighted by Crippen LogP contribution is 2.36. The monoisotopic (exact) mass is 307 g/mol. The topological polar surface area (TPSA) is 83.3 Å². The SMILES string of the molecule is CC(C)NC(=O)[C@H]1CN2CC[C@@H]1C[C@@H]2Cn1cc(CO)nn1. The normalized spacial score (nSPS) is 30.7. The summed E-state index contributed by atoms with van der Waals surface area (Å²) in [5.41, 5.74) is 0.602. The Morgan fingerprint density at radius 2 is 2.36 bits per heavy atom. The van der Waals surface area contributed by atoms with Crippen molar-refractivity contribution < 1.29 is 9.90 Å². The average Bonchev–Trinajstić information content (AvgIpc) is 2.95. The lowest BCUT2D eigenvalue weighted by molar-refractivity contribution is -0.133. The molecule has 22 heavy (non-hydrogen) atoms. The minimum atomic E-state index is -0.0749. The maximum absolute atomic E-state index is 12.3. The third-order valence-electron chi connectivity index (χ3n) is 4.79. The van der Waals surface area contributed by atoms with Crippen LogP contribution in [0.3, 0.4) is 0 Å². The summed E-state index contributed by atoms with van der Waals surface area (Å²) in [6.07, 6.45) is 3.93. The number of amides is 1. The van der Waals surface area contributed by atoms with Gasteiger partial charge in [0.05, 0.1) is 25.3 Å². The highest BCUT2D eigenvalue weighted by molar-refractivity contribution is 5.79. The Hall–Kier alpha value is -1.47. The number of aliphatic hydroxyl groups excluding tert-OH is 1. The number of carbonyl (C=O) groups excluding carboxylic acids is 1. The molecule has 0 saturated carbocycles. The van der Waals surface area contributed by atoms with Crippen molar-refractivity contribution in [2.45, 2.75) is 51.9 Å². The molecule has 7 heteroatoms. The first-order valence-electron chi connectivity index (χ1n) is 8.11. The molecule has 3 fully saturated rings. The third kappa shape index (κ3) is 3.15. The first kappa shape index (κ1) is 15.4. The number of aromatic nitrogens is 3. The second-order valence-electron chi connectivity index (χ2n) is 6.79. The van der Waals surface area contributed by atoms with Gasteiger partial charge in [0.15, 0.2) is 0 Å². The molecule has 1 unspecified atom stereocenters. The van der Waals surface area contributed by atoms with E-state index in [9.17, 15) is 4.79 Å². The fraction of sp³-hybridized carbons (Fsp3) is 0.800. The van der Waals surface area contributed by atoms with Crippen LogP contribution in [0.15, 0.2) is 6.20 Å². The molecular formula is C15H25N5O2. The van der Waals surface area contributed by atoms with Crippen LogP contribution in [0.1, 0.15) is 32.4 Å². The molecule has 2 bridgehead atoms. The first-order valence-corrected chi connectivity index (χ1v) is 8.11. The fourth-order valence-corrected chi connectivity index (χ4v) is 3.73. The smallest absolute Gasteiger partial charge is 0.224 e. The van der Waals surface area contributed by atoms with E-state index in [-0.39, 0.29) is 24.5 Å². The van der Waals surface area contributed by atoms with Crippen molar-refractivity contribution in [1.82, 2.24) is 25.2 Å². The highest BCUT2D eigenvalue weighted by atomic mass is 16.3. The Balaban J connectivity index is 1.61. The van der Waals surface area contributed by atoms with Gasteiger partial charge in [-0.25, -0.2) is 0 Å². The number of hydrogen-bond acceptors (Lipinski definition) is 5. The van der Waals surface area contributed by atoms with Gasteiger partial charge in [-0.05, 0) is 39.2 Å². The number of carbonyl (C=O) groups is 1. The number of hydrogen-bond donors (Lipinski definition) is 2. The predicted molar refractivity (Wildman–Crippen MR) is 80.8 cm³/mol. The molecule has 0 aromatic carbocycles. The van der Waals surface area contributed by atoms with E-state index < -0.39 is 0 Å². The van der Waals surface area contributed by atoms with Gasteiger partial charge in [0.25, 0.3) is 0 Å². The van der Waals surface area contributed by atoms with Crippen LogP contribution in [0.5, 0.6) is 0 Å². The molecule has 0 spiro atoms. The summed E-state index contributed by atoms with van der Waals surface area (Å²) in [4.78, 5) is 14.7. The Bertz CT molecular complexity index is 530. The fourth-order valence-electron chi connectivity index (χ4n) is 3.73. The number of nitrogens with zero attached hydrogens (tertiary/aromatic N) is 4. The molecule has 0 radical (unpaired) electrons. The molecule has 1 amide bonds. The van der Waals surface area contributed by atoms with Gasteiger partial charge in [0.1, 0.15) is 5.69 Å². The van der Waals surface area contributed by atoms with Crippen molar-refractivity contribution >= 4 is 5.91 Å². The molecule has 7 nitrogen and oxygen atoms in total. The summed E-state index contributed by atoms with van der Waals surface area (Å²) in [6, 6.07) is 0.612. The molecule has 3 aliphatic heterocycles. The van der Waals surface area contributed by atoms with E-state index in [0.29, 0.717) is 17.7 Å². The molecule has 122 valence electrons. The molecule has 4 atom stereocenters. The zero-order valence-electron chi connectivity index (χ0n) is 13.3. The van der Waals surface area contributed by atoms with E-state index in [1.807, 2.05) is 13.8 Å². The predicted octanol–water partition coefficient (Wildman–Crippen LogP) is 0.00540.